The average molecular weight is 222 g/mol. The van der Waals surface area contributed by atoms with Crippen LogP contribution in [0.3, 0.4) is 0 Å². The van der Waals surface area contributed by atoms with E-state index < -0.39 is 0 Å². The van der Waals surface area contributed by atoms with Gasteiger partial charge in [0.25, 0.3) is 0 Å². The van der Waals surface area contributed by atoms with E-state index in [2.05, 4.69) is 17.2 Å². The number of likely N-dealkylation sites (tertiary alicyclic amines) is 1. The maximum atomic E-state index is 11.8. The fraction of sp³-hybridized carbons (Fsp3) is 0.667. The lowest BCUT2D eigenvalue weighted by Gasteiger charge is -2.19. The predicted molar refractivity (Wildman–Crippen MR) is 61.5 cm³/mol. The molecule has 1 unspecified atom stereocenters. The molecule has 0 aromatic heterocycles. The highest BCUT2D eigenvalue weighted by Gasteiger charge is 2.39. The van der Waals surface area contributed by atoms with Crippen molar-refractivity contribution in [3.05, 3.63) is 0 Å². The molecule has 0 aromatic carbocycles. The van der Waals surface area contributed by atoms with Gasteiger partial charge in [-0.3, -0.25) is 14.5 Å². The van der Waals surface area contributed by atoms with Crippen LogP contribution in [0.25, 0.3) is 0 Å². The van der Waals surface area contributed by atoms with Crippen molar-refractivity contribution in [3.63, 3.8) is 0 Å². The van der Waals surface area contributed by atoms with E-state index in [1.807, 2.05) is 13.8 Å². The Hall–Kier alpha value is -1.34. The largest absolute Gasteiger partial charge is 0.304 e. The van der Waals surface area contributed by atoms with Crippen molar-refractivity contribution >= 4 is 11.8 Å². The molecule has 0 aromatic rings. The third-order valence-corrected chi connectivity index (χ3v) is 2.52. The molecular formula is C12H18N2O2. The highest BCUT2D eigenvalue weighted by Crippen LogP contribution is 2.15. The van der Waals surface area contributed by atoms with E-state index in [1.165, 1.54) is 4.90 Å². The van der Waals surface area contributed by atoms with Crippen molar-refractivity contribution in [1.29, 1.82) is 0 Å². The minimum absolute atomic E-state index is 0.0535. The Labute approximate surface area is 96.4 Å². The number of hydrogen-bond acceptors (Lipinski definition) is 3. The van der Waals surface area contributed by atoms with Gasteiger partial charge in [-0.2, -0.15) is 0 Å². The van der Waals surface area contributed by atoms with Crippen LogP contribution in [0.4, 0.5) is 0 Å². The number of imide groups is 1. The molecule has 0 saturated carbocycles. The lowest BCUT2D eigenvalue weighted by molar-refractivity contribution is -0.140. The molecule has 1 N–H and O–H groups in total. The monoisotopic (exact) mass is 222 g/mol. The smallest absolute Gasteiger partial charge is 0.247 e. The highest BCUT2D eigenvalue weighted by atomic mass is 16.2. The zero-order valence-corrected chi connectivity index (χ0v) is 10.0. The maximum Gasteiger partial charge on any atom is 0.247 e. The minimum Gasteiger partial charge on any atom is -0.304 e. The van der Waals surface area contributed by atoms with Gasteiger partial charge in [0.05, 0.1) is 12.5 Å². The van der Waals surface area contributed by atoms with E-state index in [9.17, 15) is 9.59 Å². The van der Waals surface area contributed by atoms with Crippen LogP contribution in [0.15, 0.2) is 0 Å². The molecule has 2 amide bonds. The molecule has 88 valence electrons. The van der Waals surface area contributed by atoms with Crippen LogP contribution in [0.5, 0.6) is 0 Å². The first-order valence-corrected chi connectivity index (χ1v) is 5.56. The molecule has 1 aliphatic rings. The predicted octanol–water partition coefficient (Wildman–Crippen LogP) is 0.525. The molecule has 4 nitrogen and oxygen atoms in total. The number of rotatable bonds is 4. The summed E-state index contributed by atoms with van der Waals surface area (Å²) in [6.45, 7) is 6.13. The summed E-state index contributed by atoms with van der Waals surface area (Å²) in [7, 11) is 0. The Morgan fingerprint density at radius 3 is 2.69 bits per heavy atom. The Morgan fingerprint density at radius 2 is 2.19 bits per heavy atom. The number of carbonyl (C=O) groups excluding carboxylic acids is 2. The van der Waals surface area contributed by atoms with Gasteiger partial charge in [-0.25, -0.2) is 0 Å². The van der Waals surface area contributed by atoms with Gasteiger partial charge in [0.15, 0.2) is 0 Å². The first kappa shape index (κ1) is 12.7. The third kappa shape index (κ3) is 2.83. The summed E-state index contributed by atoms with van der Waals surface area (Å²) in [5.41, 5.74) is 0. The second-order valence-corrected chi connectivity index (χ2v) is 4.08. The topological polar surface area (TPSA) is 49.4 Å². The van der Waals surface area contributed by atoms with E-state index in [-0.39, 0.29) is 30.3 Å². The van der Waals surface area contributed by atoms with Gasteiger partial charge in [0.2, 0.25) is 11.8 Å². The second kappa shape index (κ2) is 5.66. The summed E-state index contributed by atoms with van der Waals surface area (Å²) >= 11 is 0. The summed E-state index contributed by atoms with van der Waals surface area (Å²) in [6.07, 6.45) is 0.979. The lowest BCUT2D eigenvalue weighted by Crippen LogP contribution is -2.42. The minimum atomic E-state index is -0.353. The van der Waals surface area contributed by atoms with Crippen molar-refractivity contribution in [3.8, 4) is 11.8 Å². The normalized spacial score (nSPS) is 20.2. The van der Waals surface area contributed by atoms with Gasteiger partial charge in [-0.05, 0) is 20.8 Å². The van der Waals surface area contributed by atoms with Gasteiger partial charge >= 0.3 is 0 Å². The van der Waals surface area contributed by atoms with Gasteiger partial charge in [-0.15, -0.1) is 11.8 Å². The van der Waals surface area contributed by atoms with E-state index >= 15 is 0 Å². The summed E-state index contributed by atoms with van der Waals surface area (Å²) in [6, 6.07) is -0.407. The summed E-state index contributed by atoms with van der Waals surface area (Å²) < 4.78 is 0. The number of nitrogens with one attached hydrogen (secondary N) is 1. The molecule has 0 aliphatic carbocycles. The Morgan fingerprint density at radius 1 is 1.50 bits per heavy atom. The van der Waals surface area contributed by atoms with Crippen molar-refractivity contribution in [2.45, 2.75) is 45.7 Å². The molecule has 0 spiro atoms. The fourth-order valence-corrected chi connectivity index (χ4v) is 1.79. The molecule has 1 fully saturated rings. The Balaban J connectivity index is 2.48. The van der Waals surface area contributed by atoms with Crippen molar-refractivity contribution in [2.75, 3.05) is 6.54 Å². The molecule has 4 heteroatoms. The van der Waals surface area contributed by atoms with Crippen LogP contribution >= 0.6 is 0 Å². The van der Waals surface area contributed by atoms with Crippen LogP contribution in [0, 0.1) is 11.8 Å². The highest BCUT2D eigenvalue weighted by molar-refractivity contribution is 6.05. The first-order chi connectivity index (χ1) is 7.57. The first-order valence-electron chi connectivity index (χ1n) is 5.56. The standard InChI is InChI=1S/C12H18N2O2/c1-4-5-6-7-13-10-8-11(15)14(9(2)3)12(10)16/h9-10,13H,6-8H2,1-3H3. The summed E-state index contributed by atoms with van der Waals surface area (Å²) in [4.78, 5) is 24.7. The van der Waals surface area contributed by atoms with Crippen LogP contribution < -0.4 is 5.32 Å². The number of carbonyl (C=O) groups is 2. The van der Waals surface area contributed by atoms with Gasteiger partial charge < -0.3 is 5.32 Å². The molecule has 1 rings (SSSR count). The second-order valence-electron chi connectivity index (χ2n) is 4.08. The number of amides is 2. The van der Waals surface area contributed by atoms with E-state index in [4.69, 9.17) is 0 Å². The summed E-state index contributed by atoms with van der Waals surface area (Å²) in [5.74, 6) is 5.51. The molecule has 1 aliphatic heterocycles. The van der Waals surface area contributed by atoms with Gasteiger partial charge in [0, 0.05) is 19.0 Å². The quantitative estimate of drug-likeness (QED) is 0.429. The third-order valence-electron chi connectivity index (χ3n) is 2.52. The molecule has 1 saturated heterocycles. The van der Waals surface area contributed by atoms with E-state index in [1.54, 1.807) is 6.92 Å². The van der Waals surface area contributed by atoms with Crippen LogP contribution in [-0.2, 0) is 9.59 Å². The zero-order valence-electron chi connectivity index (χ0n) is 10.0. The average Bonchev–Trinajstić information content (AvgIpc) is 2.49. The Kier molecular flexibility index (Phi) is 4.51. The number of nitrogens with zero attached hydrogens (tertiary/aromatic N) is 1. The van der Waals surface area contributed by atoms with Crippen LogP contribution in [0.1, 0.15) is 33.6 Å². The van der Waals surface area contributed by atoms with Gasteiger partial charge in [-0.1, -0.05) is 0 Å². The lowest BCUT2D eigenvalue weighted by atomic mass is 10.2. The van der Waals surface area contributed by atoms with Crippen LogP contribution in [0.2, 0.25) is 0 Å². The van der Waals surface area contributed by atoms with Crippen molar-refractivity contribution in [2.24, 2.45) is 0 Å². The zero-order chi connectivity index (χ0) is 12.1. The summed E-state index contributed by atoms with van der Waals surface area (Å²) in [5, 5.41) is 3.07. The van der Waals surface area contributed by atoms with E-state index in [0.717, 1.165) is 0 Å². The molecule has 0 bridgehead atoms. The van der Waals surface area contributed by atoms with Crippen LogP contribution in [-0.4, -0.2) is 35.3 Å². The maximum absolute atomic E-state index is 11.8. The molecule has 1 heterocycles. The van der Waals surface area contributed by atoms with Gasteiger partial charge in [0.1, 0.15) is 0 Å². The number of hydrogen-bond donors (Lipinski definition) is 1. The molecular weight excluding hydrogens is 204 g/mol. The molecule has 0 radical (unpaired) electrons. The molecule has 1 atom stereocenters. The van der Waals surface area contributed by atoms with E-state index in [0.29, 0.717) is 13.0 Å². The van der Waals surface area contributed by atoms with Crippen molar-refractivity contribution < 1.29 is 9.59 Å². The fourth-order valence-electron chi connectivity index (χ4n) is 1.79. The molecule has 16 heavy (non-hydrogen) atoms. The Bertz CT molecular complexity index is 339. The van der Waals surface area contributed by atoms with Crippen molar-refractivity contribution in [1.82, 2.24) is 10.2 Å². The SMILES string of the molecule is CC#CCCNC1CC(=O)N(C(C)C)C1=O.